The van der Waals surface area contributed by atoms with E-state index in [4.69, 9.17) is 27.9 Å². The van der Waals surface area contributed by atoms with E-state index in [-0.39, 0.29) is 24.1 Å². The molecule has 1 saturated heterocycles. The van der Waals surface area contributed by atoms with Crippen molar-refractivity contribution in [2.45, 2.75) is 32.9 Å². The van der Waals surface area contributed by atoms with Crippen molar-refractivity contribution in [1.29, 1.82) is 0 Å². The van der Waals surface area contributed by atoms with Crippen LogP contribution >= 0.6 is 23.2 Å². The van der Waals surface area contributed by atoms with Crippen molar-refractivity contribution in [3.63, 3.8) is 0 Å². The van der Waals surface area contributed by atoms with Gasteiger partial charge in [-0.2, -0.15) is 4.98 Å². The quantitative estimate of drug-likeness (QED) is 0.777. The van der Waals surface area contributed by atoms with Crippen LogP contribution in [0.1, 0.15) is 32.4 Å². The van der Waals surface area contributed by atoms with Gasteiger partial charge in [-0.15, -0.1) is 0 Å². The first kappa shape index (κ1) is 18.7. The number of amides is 1. The topological polar surface area (TPSA) is 67.4 Å². The number of aromatic nitrogens is 2. The molecule has 1 aliphatic rings. The number of nitrogens with one attached hydrogen (secondary N) is 1. The van der Waals surface area contributed by atoms with Gasteiger partial charge in [0.25, 0.3) is 0 Å². The SMILES string of the molecule is CC(Nc1nccc(N2C(=O)OC[C@@H]2C(C)C)n1)c1ccc(Cl)c(Cl)c1. The highest BCUT2D eigenvalue weighted by Crippen LogP contribution is 2.28. The molecule has 2 atom stereocenters. The summed E-state index contributed by atoms with van der Waals surface area (Å²) in [6.45, 7) is 6.43. The number of carbonyl (C=O) groups is 1. The molecular formula is C18H20Cl2N4O2. The van der Waals surface area contributed by atoms with Gasteiger partial charge in [0.2, 0.25) is 5.95 Å². The van der Waals surface area contributed by atoms with E-state index in [0.29, 0.717) is 28.4 Å². The molecule has 0 radical (unpaired) electrons. The fourth-order valence-electron chi connectivity index (χ4n) is 2.80. The maximum absolute atomic E-state index is 12.1. The molecule has 1 aromatic heterocycles. The number of halogens is 2. The first-order valence-corrected chi connectivity index (χ1v) is 9.13. The Morgan fingerprint density at radius 2 is 2.00 bits per heavy atom. The van der Waals surface area contributed by atoms with Gasteiger partial charge in [0.1, 0.15) is 12.4 Å². The Balaban J connectivity index is 1.81. The second-order valence-electron chi connectivity index (χ2n) is 6.54. The summed E-state index contributed by atoms with van der Waals surface area (Å²) in [5, 5.41) is 4.23. The van der Waals surface area contributed by atoms with Gasteiger partial charge in [-0.1, -0.05) is 43.1 Å². The third kappa shape index (κ3) is 3.86. The summed E-state index contributed by atoms with van der Waals surface area (Å²) in [5.74, 6) is 1.19. The fraction of sp³-hybridized carbons (Fsp3) is 0.389. The van der Waals surface area contributed by atoms with Crippen molar-refractivity contribution >= 4 is 41.1 Å². The van der Waals surface area contributed by atoms with E-state index in [2.05, 4.69) is 15.3 Å². The molecule has 3 rings (SSSR count). The molecule has 2 heterocycles. The third-order valence-electron chi connectivity index (χ3n) is 4.35. The van der Waals surface area contributed by atoms with Crippen LogP contribution in [0.15, 0.2) is 30.5 Å². The zero-order chi connectivity index (χ0) is 18.8. The van der Waals surface area contributed by atoms with Crippen molar-refractivity contribution in [2.24, 2.45) is 5.92 Å². The highest BCUT2D eigenvalue weighted by Gasteiger charge is 2.37. The summed E-state index contributed by atoms with van der Waals surface area (Å²) in [6.07, 6.45) is 1.24. The van der Waals surface area contributed by atoms with Crippen LogP contribution in [-0.2, 0) is 4.74 Å². The smallest absolute Gasteiger partial charge is 0.415 e. The molecule has 26 heavy (non-hydrogen) atoms. The van der Waals surface area contributed by atoms with Gasteiger partial charge in [0, 0.05) is 6.20 Å². The summed E-state index contributed by atoms with van der Waals surface area (Å²) >= 11 is 12.1. The van der Waals surface area contributed by atoms with Gasteiger partial charge in [0.05, 0.1) is 22.1 Å². The Morgan fingerprint density at radius 3 is 2.69 bits per heavy atom. The molecule has 0 aliphatic carbocycles. The van der Waals surface area contributed by atoms with Crippen molar-refractivity contribution in [3.05, 3.63) is 46.1 Å². The van der Waals surface area contributed by atoms with Crippen LogP contribution in [0.2, 0.25) is 10.0 Å². The normalized spacial score (nSPS) is 18.2. The highest BCUT2D eigenvalue weighted by atomic mass is 35.5. The van der Waals surface area contributed by atoms with E-state index >= 15 is 0 Å². The summed E-state index contributed by atoms with van der Waals surface area (Å²) in [5.41, 5.74) is 0.953. The molecule has 0 spiro atoms. The lowest BCUT2D eigenvalue weighted by molar-refractivity contribution is 0.177. The van der Waals surface area contributed by atoms with E-state index in [1.807, 2.05) is 26.8 Å². The number of cyclic esters (lactones) is 1. The number of rotatable bonds is 5. The summed E-state index contributed by atoms with van der Waals surface area (Å²) in [4.78, 5) is 22.4. The number of benzene rings is 1. The first-order chi connectivity index (χ1) is 12.4. The van der Waals surface area contributed by atoms with Crippen LogP contribution in [0, 0.1) is 5.92 Å². The van der Waals surface area contributed by atoms with Gasteiger partial charge in [-0.3, -0.25) is 4.90 Å². The van der Waals surface area contributed by atoms with Gasteiger partial charge in [-0.25, -0.2) is 9.78 Å². The van der Waals surface area contributed by atoms with Crippen LogP contribution in [0.5, 0.6) is 0 Å². The Bertz CT molecular complexity index is 816. The van der Waals surface area contributed by atoms with Crippen molar-refractivity contribution in [3.8, 4) is 0 Å². The molecule has 1 aliphatic heterocycles. The predicted molar refractivity (Wildman–Crippen MR) is 103 cm³/mol. The second-order valence-corrected chi connectivity index (χ2v) is 7.35. The van der Waals surface area contributed by atoms with Crippen LogP contribution in [0.3, 0.4) is 0 Å². The van der Waals surface area contributed by atoms with E-state index < -0.39 is 0 Å². The molecule has 1 unspecified atom stereocenters. The molecule has 2 aromatic rings. The van der Waals surface area contributed by atoms with Crippen molar-refractivity contribution in [2.75, 3.05) is 16.8 Å². The number of ether oxygens (including phenoxy) is 1. The number of anilines is 2. The first-order valence-electron chi connectivity index (χ1n) is 8.37. The minimum absolute atomic E-state index is 0.0438. The molecule has 138 valence electrons. The minimum Gasteiger partial charge on any atom is -0.447 e. The van der Waals surface area contributed by atoms with Gasteiger partial charge in [0.15, 0.2) is 0 Å². The molecule has 1 fully saturated rings. The lowest BCUT2D eigenvalue weighted by Gasteiger charge is -2.23. The van der Waals surface area contributed by atoms with Crippen LogP contribution < -0.4 is 10.2 Å². The molecule has 0 bridgehead atoms. The molecule has 8 heteroatoms. The van der Waals surface area contributed by atoms with Gasteiger partial charge < -0.3 is 10.1 Å². The number of hydrogen-bond acceptors (Lipinski definition) is 5. The van der Waals surface area contributed by atoms with E-state index in [0.717, 1.165) is 5.56 Å². The summed E-state index contributed by atoms with van der Waals surface area (Å²) in [7, 11) is 0. The Morgan fingerprint density at radius 1 is 1.23 bits per heavy atom. The summed E-state index contributed by atoms with van der Waals surface area (Å²) < 4.78 is 5.19. The molecular weight excluding hydrogens is 375 g/mol. The standard InChI is InChI=1S/C18H20Cl2N4O2/c1-10(2)15-9-26-18(25)24(15)16-6-7-21-17(23-16)22-11(3)12-4-5-13(19)14(20)8-12/h4-8,10-11,15H,9H2,1-3H3,(H,21,22,23)/t11?,15-/m1/s1. The van der Waals surface area contributed by atoms with E-state index in [1.165, 1.54) is 0 Å². The largest absolute Gasteiger partial charge is 0.447 e. The average Bonchev–Trinajstić information content (AvgIpc) is 2.99. The van der Waals surface area contributed by atoms with E-state index in [9.17, 15) is 4.79 Å². The van der Waals surface area contributed by atoms with Gasteiger partial charge in [-0.05, 0) is 36.6 Å². The highest BCUT2D eigenvalue weighted by molar-refractivity contribution is 6.42. The van der Waals surface area contributed by atoms with Crippen molar-refractivity contribution in [1.82, 2.24) is 9.97 Å². The molecule has 1 aromatic carbocycles. The maximum Gasteiger partial charge on any atom is 0.415 e. The third-order valence-corrected chi connectivity index (χ3v) is 5.09. The van der Waals surface area contributed by atoms with Crippen LogP contribution in [-0.4, -0.2) is 28.7 Å². The zero-order valence-electron chi connectivity index (χ0n) is 14.7. The fourth-order valence-corrected chi connectivity index (χ4v) is 3.11. The molecule has 0 saturated carbocycles. The Kier molecular flexibility index (Phi) is 5.53. The number of nitrogens with zero attached hydrogens (tertiary/aromatic N) is 3. The van der Waals surface area contributed by atoms with E-state index in [1.54, 1.807) is 29.3 Å². The Hall–Kier alpha value is -2.05. The molecule has 1 N–H and O–H groups in total. The summed E-state index contributed by atoms with van der Waals surface area (Å²) in [6, 6.07) is 7.02. The average molecular weight is 395 g/mol. The maximum atomic E-state index is 12.1. The lowest BCUT2D eigenvalue weighted by atomic mass is 10.0. The van der Waals surface area contributed by atoms with Crippen LogP contribution in [0.25, 0.3) is 0 Å². The number of carbonyl (C=O) groups excluding carboxylic acids is 1. The second kappa shape index (κ2) is 7.68. The van der Waals surface area contributed by atoms with Gasteiger partial charge >= 0.3 is 6.09 Å². The minimum atomic E-state index is -0.383. The Labute approximate surface area is 162 Å². The van der Waals surface area contributed by atoms with Crippen LogP contribution in [0.4, 0.5) is 16.6 Å². The molecule has 6 nitrogen and oxygen atoms in total. The lowest BCUT2D eigenvalue weighted by Crippen LogP contribution is -2.37. The molecule has 1 amide bonds. The zero-order valence-corrected chi connectivity index (χ0v) is 16.3. The predicted octanol–water partition coefficient (Wildman–Crippen LogP) is 4.94. The van der Waals surface area contributed by atoms with Crippen molar-refractivity contribution < 1.29 is 9.53 Å². The number of hydrogen-bond donors (Lipinski definition) is 1. The monoisotopic (exact) mass is 394 g/mol.